The summed E-state index contributed by atoms with van der Waals surface area (Å²) in [5.74, 6) is -0.181. The SMILES string of the molecule is CN/C=C(/NC(=O)c1cccc(-n2cnc(CN)c2)n1)C(=N)N1CCC(C)(C)C1=O. The summed E-state index contributed by atoms with van der Waals surface area (Å²) in [6.07, 6.45) is 5.45. The van der Waals surface area contributed by atoms with E-state index in [0.29, 0.717) is 31.0 Å². The van der Waals surface area contributed by atoms with E-state index in [2.05, 4.69) is 20.6 Å². The maximum absolute atomic E-state index is 12.8. The predicted octanol–water partition coefficient (Wildman–Crippen LogP) is 0.752. The van der Waals surface area contributed by atoms with Crippen LogP contribution in [0.1, 0.15) is 36.5 Å². The lowest BCUT2D eigenvalue weighted by Crippen LogP contribution is -2.41. The second-order valence-electron chi connectivity index (χ2n) is 7.60. The summed E-state index contributed by atoms with van der Waals surface area (Å²) in [5.41, 5.74) is 6.12. The fraction of sp³-hybridized carbons (Fsp3) is 0.350. The molecule has 0 atom stereocenters. The Hall–Kier alpha value is -3.53. The van der Waals surface area contributed by atoms with Crippen LogP contribution in [-0.2, 0) is 11.3 Å². The van der Waals surface area contributed by atoms with Crippen LogP contribution in [0, 0.1) is 10.8 Å². The van der Waals surface area contributed by atoms with E-state index in [9.17, 15) is 9.59 Å². The molecule has 2 amide bonds. The minimum absolute atomic E-state index is 0.0633. The zero-order valence-electron chi connectivity index (χ0n) is 17.3. The number of nitrogens with one attached hydrogen (secondary N) is 3. The van der Waals surface area contributed by atoms with E-state index in [4.69, 9.17) is 11.1 Å². The van der Waals surface area contributed by atoms with Gasteiger partial charge in [-0.25, -0.2) is 9.97 Å². The van der Waals surface area contributed by atoms with Crippen LogP contribution in [-0.4, -0.2) is 50.7 Å². The lowest BCUT2D eigenvalue weighted by atomic mass is 9.92. The van der Waals surface area contributed by atoms with E-state index >= 15 is 0 Å². The number of aromatic nitrogens is 3. The molecule has 0 bridgehead atoms. The highest BCUT2D eigenvalue weighted by atomic mass is 16.2. The van der Waals surface area contributed by atoms with Crippen LogP contribution in [0.4, 0.5) is 0 Å². The number of carbonyl (C=O) groups is 2. The first-order valence-electron chi connectivity index (χ1n) is 9.57. The Bertz CT molecular complexity index is 1010. The van der Waals surface area contributed by atoms with Crippen molar-refractivity contribution < 1.29 is 9.59 Å². The first-order valence-corrected chi connectivity index (χ1v) is 9.57. The van der Waals surface area contributed by atoms with Crippen LogP contribution >= 0.6 is 0 Å². The molecule has 10 heteroatoms. The Morgan fingerprint density at radius 3 is 2.77 bits per heavy atom. The van der Waals surface area contributed by atoms with Crippen molar-refractivity contribution in [1.82, 2.24) is 30.1 Å². The molecule has 2 aromatic heterocycles. The van der Waals surface area contributed by atoms with Gasteiger partial charge in [-0.2, -0.15) is 0 Å². The summed E-state index contributed by atoms with van der Waals surface area (Å²) in [6, 6.07) is 5.03. The molecule has 1 fully saturated rings. The number of nitrogens with zero attached hydrogens (tertiary/aromatic N) is 4. The van der Waals surface area contributed by atoms with Crippen LogP contribution in [0.25, 0.3) is 5.82 Å². The fourth-order valence-corrected chi connectivity index (χ4v) is 3.11. The van der Waals surface area contributed by atoms with Crippen molar-refractivity contribution in [1.29, 1.82) is 5.41 Å². The predicted molar refractivity (Wildman–Crippen MR) is 112 cm³/mol. The average molecular weight is 410 g/mol. The molecule has 0 saturated carbocycles. The number of nitrogens with two attached hydrogens (primary N) is 1. The lowest BCUT2D eigenvalue weighted by Gasteiger charge is -2.22. The van der Waals surface area contributed by atoms with Gasteiger partial charge in [-0.05, 0) is 18.6 Å². The Kier molecular flexibility index (Phi) is 5.97. The topological polar surface area (TPSA) is 142 Å². The quantitative estimate of drug-likeness (QED) is 0.409. The lowest BCUT2D eigenvalue weighted by molar-refractivity contribution is -0.131. The number of imidazole rings is 1. The summed E-state index contributed by atoms with van der Waals surface area (Å²) >= 11 is 0. The molecule has 0 radical (unpaired) electrons. The molecule has 1 aliphatic rings. The Labute approximate surface area is 174 Å². The molecular weight excluding hydrogens is 384 g/mol. The van der Waals surface area contributed by atoms with Crippen molar-refractivity contribution >= 4 is 17.6 Å². The van der Waals surface area contributed by atoms with Crippen LogP contribution in [0.2, 0.25) is 0 Å². The van der Waals surface area contributed by atoms with Gasteiger partial charge in [0.2, 0.25) is 5.91 Å². The maximum Gasteiger partial charge on any atom is 0.274 e. The van der Waals surface area contributed by atoms with E-state index in [0.717, 1.165) is 0 Å². The molecular formula is C20H26N8O2. The van der Waals surface area contributed by atoms with E-state index in [-0.39, 0.29) is 23.1 Å². The number of likely N-dealkylation sites (tertiary alicyclic amines) is 1. The van der Waals surface area contributed by atoms with Crippen molar-refractivity contribution in [2.45, 2.75) is 26.8 Å². The number of amidine groups is 1. The van der Waals surface area contributed by atoms with Crippen LogP contribution in [0.3, 0.4) is 0 Å². The number of hydrogen-bond acceptors (Lipinski definition) is 7. The molecule has 5 N–H and O–H groups in total. The van der Waals surface area contributed by atoms with Crippen molar-refractivity contribution in [2.24, 2.45) is 11.1 Å². The maximum atomic E-state index is 12.8. The van der Waals surface area contributed by atoms with Gasteiger partial charge in [0.1, 0.15) is 17.8 Å². The highest BCUT2D eigenvalue weighted by molar-refractivity contribution is 6.10. The van der Waals surface area contributed by atoms with E-state index in [1.54, 1.807) is 42.3 Å². The van der Waals surface area contributed by atoms with Gasteiger partial charge in [0.05, 0.1) is 11.4 Å². The van der Waals surface area contributed by atoms with Crippen LogP contribution in [0.5, 0.6) is 0 Å². The summed E-state index contributed by atoms with van der Waals surface area (Å²) in [6.45, 7) is 4.44. The zero-order valence-corrected chi connectivity index (χ0v) is 17.3. The van der Waals surface area contributed by atoms with Gasteiger partial charge in [-0.15, -0.1) is 0 Å². The second kappa shape index (κ2) is 8.46. The molecule has 0 spiro atoms. The van der Waals surface area contributed by atoms with Crippen molar-refractivity contribution in [3.8, 4) is 5.82 Å². The van der Waals surface area contributed by atoms with E-state index < -0.39 is 11.3 Å². The van der Waals surface area contributed by atoms with Gasteiger partial charge in [0, 0.05) is 37.9 Å². The van der Waals surface area contributed by atoms with Crippen molar-refractivity contribution in [3.63, 3.8) is 0 Å². The zero-order chi connectivity index (χ0) is 21.9. The summed E-state index contributed by atoms with van der Waals surface area (Å²) in [4.78, 5) is 35.3. The molecule has 0 aliphatic carbocycles. The van der Waals surface area contributed by atoms with E-state index in [1.165, 1.54) is 11.1 Å². The average Bonchev–Trinajstić information content (AvgIpc) is 3.32. The second-order valence-corrected chi connectivity index (χ2v) is 7.60. The third-order valence-corrected chi connectivity index (χ3v) is 4.92. The van der Waals surface area contributed by atoms with Gasteiger partial charge >= 0.3 is 0 Å². The molecule has 0 unspecified atom stereocenters. The molecule has 1 aliphatic heterocycles. The Morgan fingerprint density at radius 2 is 2.17 bits per heavy atom. The van der Waals surface area contributed by atoms with Gasteiger partial charge in [0.25, 0.3) is 5.91 Å². The normalized spacial score (nSPS) is 15.9. The third-order valence-electron chi connectivity index (χ3n) is 4.92. The Balaban J connectivity index is 1.79. The minimum atomic E-state index is -0.524. The number of rotatable bonds is 6. The number of hydrogen-bond donors (Lipinski definition) is 4. The molecule has 3 heterocycles. The molecule has 10 nitrogen and oxygen atoms in total. The molecule has 1 saturated heterocycles. The summed E-state index contributed by atoms with van der Waals surface area (Å²) < 4.78 is 1.68. The highest BCUT2D eigenvalue weighted by Gasteiger charge is 2.41. The first-order chi connectivity index (χ1) is 14.3. The minimum Gasteiger partial charge on any atom is -0.392 e. The van der Waals surface area contributed by atoms with Crippen LogP contribution in [0.15, 0.2) is 42.6 Å². The standard InChI is InChI=1S/C20H26N8O2/c1-20(2)7-8-28(19(20)30)17(22)15(10-23-3)26-18(29)14-5-4-6-16(25-14)27-11-13(9-21)24-12-27/h4-6,10-12,22-23H,7-9,21H2,1-3H3,(H,26,29)/b15-10+,22-17?. The molecule has 158 valence electrons. The molecule has 3 rings (SSSR count). The van der Waals surface area contributed by atoms with Crippen molar-refractivity contribution in [3.05, 3.63) is 54.0 Å². The van der Waals surface area contributed by atoms with Crippen LogP contribution < -0.4 is 16.4 Å². The smallest absolute Gasteiger partial charge is 0.274 e. The first kappa shape index (κ1) is 21.2. The van der Waals surface area contributed by atoms with Crippen molar-refractivity contribution in [2.75, 3.05) is 13.6 Å². The summed E-state index contributed by atoms with van der Waals surface area (Å²) in [5, 5.41) is 13.9. The molecule has 2 aromatic rings. The number of pyridine rings is 1. The van der Waals surface area contributed by atoms with Gasteiger partial charge in [0.15, 0.2) is 5.84 Å². The van der Waals surface area contributed by atoms with Gasteiger partial charge in [-0.1, -0.05) is 19.9 Å². The largest absolute Gasteiger partial charge is 0.392 e. The van der Waals surface area contributed by atoms with Gasteiger partial charge in [-0.3, -0.25) is 24.5 Å². The number of carbonyl (C=O) groups excluding carboxylic acids is 2. The summed E-state index contributed by atoms with van der Waals surface area (Å²) in [7, 11) is 1.65. The Morgan fingerprint density at radius 1 is 1.40 bits per heavy atom. The van der Waals surface area contributed by atoms with Gasteiger partial charge < -0.3 is 16.4 Å². The third kappa shape index (κ3) is 4.23. The number of amides is 2. The highest BCUT2D eigenvalue weighted by Crippen LogP contribution is 2.31. The van der Waals surface area contributed by atoms with E-state index in [1.807, 2.05) is 13.8 Å². The monoisotopic (exact) mass is 410 g/mol. The fourth-order valence-electron chi connectivity index (χ4n) is 3.11. The molecule has 0 aromatic carbocycles. The molecule has 30 heavy (non-hydrogen) atoms.